The summed E-state index contributed by atoms with van der Waals surface area (Å²) in [6.45, 7) is 3.61. The SMILES string of the molecule is Cc1ccc([N+](=O)[O-])c(N2CC(CS(N)(=O)=O)CC2=O)c1C. The van der Waals surface area contributed by atoms with Crippen LogP contribution >= 0.6 is 0 Å². The fraction of sp³-hybridized carbons (Fsp3) is 0.462. The molecule has 2 rings (SSSR count). The highest BCUT2D eigenvalue weighted by atomic mass is 32.2. The van der Waals surface area contributed by atoms with Gasteiger partial charge in [-0.05, 0) is 25.0 Å². The first-order valence-corrected chi connectivity index (χ1v) is 8.37. The number of aryl methyl sites for hydroxylation is 1. The lowest BCUT2D eigenvalue weighted by Crippen LogP contribution is -2.28. The van der Waals surface area contributed by atoms with E-state index in [1.165, 1.54) is 11.0 Å². The zero-order chi connectivity index (χ0) is 16.7. The molecule has 1 aromatic carbocycles. The number of rotatable bonds is 4. The van der Waals surface area contributed by atoms with E-state index in [4.69, 9.17) is 5.14 Å². The van der Waals surface area contributed by atoms with Crippen LogP contribution in [0.2, 0.25) is 0 Å². The van der Waals surface area contributed by atoms with Crippen LogP contribution in [0.5, 0.6) is 0 Å². The predicted octanol–water partition coefficient (Wildman–Crippen LogP) is 0.853. The van der Waals surface area contributed by atoms with Crippen molar-refractivity contribution in [1.82, 2.24) is 0 Å². The monoisotopic (exact) mass is 327 g/mol. The molecule has 1 aliphatic rings. The van der Waals surface area contributed by atoms with Crippen molar-refractivity contribution in [1.29, 1.82) is 0 Å². The Hall–Kier alpha value is -2.00. The summed E-state index contributed by atoms with van der Waals surface area (Å²) in [6, 6.07) is 2.98. The van der Waals surface area contributed by atoms with Gasteiger partial charge in [-0.1, -0.05) is 6.07 Å². The minimum atomic E-state index is -3.69. The second-order valence-electron chi connectivity index (χ2n) is 5.54. The molecule has 1 unspecified atom stereocenters. The van der Waals surface area contributed by atoms with E-state index in [9.17, 15) is 23.3 Å². The van der Waals surface area contributed by atoms with Gasteiger partial charge < -0.3 is 4.90 Å². The lowest BCUT2D eigenvalue weighted by molar-refractivity contribution is -0.384. The van der Waals surface area contributed by atoms with Crippen LogP contribution in [0, 0.1) is 29.9 Å². The van der Waals surface area contributed by atoms with Crippen molar-refractivity contribution < 1.29 is 18.1 Å². The number of nitro groups is 1. The third kappa shape index (κ3) is 3.25. The lowest BCUT2D eigenvalue weighted by Gasteiger charge is -2.20. The molecule has 1 aliphatic heterocycles. The number of amides is 1. The van der Waals surface area contributed by atoms with Crippen molar-refractivity contribution in [2.45, 2.75) is 20.3 Å². The minimum Gasteiger partial charge on any atom is -0.306 e. The molecule has 0 saturated carbocycles. The lowest BCUT2D eigenvalue weighted by atomic mass is 10.1. The summed E-state index contributed by atoms with van der Waals surface area (Å²) in [5, 5.41) is 16.2. The normalized spacial score (nSPS) is 18.8. The third-order valence-corrected chi connectivity index (χ3v) is 4.76. The van der Waals surface area contributed by atoms with Gasteiger partial charge in [0, 0.05) is 24.9 Å². The van der Waals surface area contributed by atoms with Crippen LogP contribution in [0.15, 0.2) is 12.1 Å². The number of hydrogen-bond donors (Lipinski definition) is 1. The number of nitro benzene ring substituents is 1. The van der Waals surface area contributed by atoms with E-state index in [0.29, 0.717) is 5.56 Å². The summed E-state index contributed by atoms with van der Waals surface area (Å²) in [5.74, 6) is -1.10. The molecule has 1 atom stereocenters. The van der Waals surface area contributed by atoms with Crippen molar-refractivity contribution in [3.8, 4) is 0 Å². The number of nitrogens with zero attached hydrogens (tertiary/aromatic N) is 2. The zero-order valence-corrected chi connectivity index (χ0v) is 13.1. The van der Waals surface area contributed by atoms with Gasteiger partial charge in [0.25, 0.3) is 5.69 Å². The molecule has 22 heavy (non-hydrogen) atoms. The number of anilines is 1. The minimum absolute atomic E-state index is 0.0148. The van der Waals surface area contributed by atoms with E-state index < -0.39 is 20.9 Å². The molecule has 120 valence electrons. The van der Waals surface area contributed by atoms with E-state index in [0.717, 1.165) is 5.56 Å². The molecule has 2 N–H and O–H groups in total. The van der Waals surface area contributed by atoms with Crippen molar-refractivity contribution in [2.75, 3.05) is 17.2 Å². The van der Waals surface area contributed by atoms with Gasteiger partial charge in [0.05, 0.1) is 10.7 Å². The van der Waals surface area contributed by atoms with Gasteiger partial charge in [0.15, 0.2) is 0 Å². The molecule has 0 bridgehead atoms. The molecule has 1 aromatic rings. The zero-order valence-electron chi connectivity index (χ0n) is 12.3. The molecule has 1 heterocycles. The van der Waals surface area contributed by atoms with E-state index in [2.05, 4.69) is 0 Å². The summed E-state index contributed by atoms with van der Waals surface area (Å²) in [4.78, 5) is 24.1. The van der Waals surface area contributed by atoms with E-state index >= 15 is 0 Å². The van der Waals surface area contributed by atoms with Crippen LogP contribution in [0.25, 0.3) is 0 Å². The molecule has 0 radical (unpaired) electrons. The van der Waals surface area contributed by atoms with Crippen molar-refractivity contribution in [3.63, 3.8) is 0 Å². The van der Waals surface area contributed by atoms with Crippen LogP contribution in [0.4, 0.5) is 11.4 Å². The molecular weight excluding hydrogens is 310 g/mol. The predicted molar refractivity (Wildman–Crippen MR) is 81.0 cm³/mol. The summed E-state index contributed by atoms with van der Waals surface area (Å²) in [6.07, 6.45) is 0.0148. The van der Waals surface area contributed by atoms with Gasteiger partial charge in [0.1, 0.15) is 5.69 Å². The second kappa shape index (κ2) is 5.65. The Morgan fingerprint density at radius 1 is 1.41 bits per heavy atom. The number of primary sulfonamides is 1. The van der Waals surface area contributed by atoms with Gasteiger partial charge in [-0.15, -0.1) is 0 Å². The van der Waals surface area contributed by atoms with Gasteiger partial charge in [-0.2, -0.15) is 0 Å². The Bertz CT molecular complexity index is 744. The summed E-state index contributed by atoms with van der Waals surface area (Å²) in [7, 11) is -3.69. The Morgan fingerprint density at radius 3 is 2.59 bits per heavy atom. The Balaban J connectivity index is 2.42. The fourth-order valence-electron chi connectivity index (χ4n) is 2.71. The number of carbonyl (C=O) groups is 1. The molecule has 1 amide bonds. The van der Waals surface area contributed by atoms with Crippen LogP contribution in [0.1, 0.15) is 17.5 Å². The average Bonchev–Trinajstić information content (AvgIpc) is 2.70. The second-order valence-corrected chi connectivity index (χ2v) is 7.20. The number of nitrogens with two attached hydrogens (primary N) is 1. The molecule has 8 nitrogen and oxygen atoms in total. The van der Waals surface area contributed by atoms with Gasteiger partial charge >= 0.3 is 0 Å². The van der Waals surface area contributed by atoms with Gasteiger partial charge in [-0.25, -0.2) is 13.6 Å². The maximum Gasteiger partial charge on any atom is 0.293 e. The first-order chi connectivity index (χ1) is 10.1. The van der Waals surface area contributed by atoms with E-state index in [-0.39, 0.29) is 36.0 Å². The molecule has 0 aromatic heterocycles. The van der Waals surface area contributed by atoms with Crippen LogP contribution in [-0.4, -0.2) is 31.5 Å². The summed E-state index contributed by atoms with van der Waals surface area (Å²) < 4.78 is 22.3. The summed E-state index contributed by atoms with van der Waals surface area (Å²) in [5.41, 5.74) is 1.54. The number of benzene rings is 1. The van der Waals surface area contributed by atoms with Crippen LogP contribution in [0.3, 0.4) is 0 Å². The number of sulfonamides is 1. The third-order valence-electron chi connectivity index (χ3n) is 3.82. The van der Waals surface area contributed by atoms with E-state index in [1.54, 1.807) is 19.9 Å². The first kappa shape index (κ1) is 16.4. The average molecular weight is 327 g/mol. The molecule has 0 spiro atoms. The first-order valence-electron chi connectivity index (χ1n) is 6.65. The Morgan fingerprint density at radius 2 is 2.05 bits per heavy atom. The highest BCUT2D eigenvalue weighted by Gasteiger charge is 2.36. The van der Waals surface area contributed by atoms with Crippen LogP contribution in [-0.2, 0) is 14.8 Å². The van der Waals surface area contributed by atoms with Gasteiger partial charge in [0.2, 0.25) is 15.9 Å². The fourth-order valence-corrected chi connectivity index (χ4v) is 3.59. The Labute approximate surface area is 128 Å². The maximum atomic E-state index is 12.2. The maximum absolute atomic E-state index is 12.2. The van der Waals surface area contributed by atoms with Crippen molar-refractivity contribution in [3.05, 3.63) is 33.4 Å². The quantitative estimate of drug-likeness (QED) is 0.648. The number of hydrogen-bond acceptors (Lipinski definition) is 5. The largest absolute Gasteiger partial charge is 0.306 e. The highest BCUT2D eigenvalue weighted by Crippen LogP contribution is 2.37. The standard InChI is InChI=1S/C13H17N3O5S/c1-8-3-4-11(16(18)19)13(9(8)2)15-6-10(5-12(15)17)7-22(14,20)21/h3-4,10H,5-7H2,1-2H3,(H2,14,20,21). The summed E-state index contributed by atoms with van der Waals surface area (Å²) >= 11 is 0. The molecule has 1 fully saturated rings. The van der Waals surface area contributed by atoms with E-state index in [1.807, 2.05) is 0 Å². The Kier molecular flexibility index (Phi) is 4.21. The number of carbonyl (C=O) groups excluding carboxylic acids is 1. The van der Waals surface area contributed by atoms with Crippen molar-refractivity contribution in [2.24, 2.45) is 11.1 Å². The molecule has 9 heteroatoms. The van der Waals surface area contributed by atoms with Crippen LogP contribution < -0.4 is 10.0 Å². The van der Waals surface area contributed by atoms with Crippen molar-refractivity contribution >= 4 is 27.3 Å². The topological polar surface area (TPSA) is 124 Å². The molecule has 0 aliphatic carbocycles. The highest BCUT2D eigenvalue weighted by molar-refractivity contribution is 7.89. The van der Waals surface area contributed by atoms with Gasteiger partial charge in [-0.3, -0.25) is 14.9 Å². The molecule has 1 saturated heterocycles. The molecular formula is C13H17N3O5S. The smallest absolute Gasteiger partial charge is 0.293 e.